The van der Waals surface area contributed by atoms with Crippen molar-refractivity contribution in [2.75, 3.05) is 19.1 Å². The van der Waals surface area contributed by atoms with Gasteiger partial charge in [-0.25, -0.2) is 0 Å². The Labute approximate surface area is 117 Å². The molecule has 0 atom stereocenters. The van der Waals surface area contributed by atoms with Crippen molar-refractivity contribution in [2.24, 2.45) is 5.73 Å². The van der Waals surface area contributed by atoms with E-state index >= 15 is 0 Å². The van der Waals surface area contributed by atoms with Gasteiger partial charge >= 0.3 is 0 Å². The minimum atomic E-state index is 0.365. The Balaban J connectivity index is 2.32. The Kier molecular flexibility index (Phi) is 4.06. The summed E-state index contributed by atoms with van der Waals surface area (Å²) in [6.45, 7) is 0.635. The topological polar surface area (TPSA) is 51.6 Å². The Morgan fingerprint density at radius 3 is 2.79 bits per heavy atom. The zero-order chi connectivity index (χ0) is 13.8. The predicted octanol–water partition coefficient (Wildman–Crippen LogP) is 2.56. The molecule has 1 aromatic heterocycles. The number of thiocarbonyl (C=S) groups is 1. The lowest BCUT2D eigenvalue weighted by molar-refractivity contribution is 0.414. The lowest BCUT2D eigenvalue weighted by Crippen LogP contribution is -2.21. The van der Waals surface area contributed by atoms with Crippen LogP contribution < -0.4 is 15.4 Å². The summed E-state index contributed by atoms with van der Waals surface area (Å²) in [4.78, 5) is 2.39. The highest BCUT2D eigenvalue weighted by molar-refractivity contribution is 7.80. The number of benzene rings is 1. The largest absolute Gasteiger partial charge is 0.497 e. The van der Waals surface area contributed by atoms with Gasteiger partial charge in [0, 0.05) is 18.7 Å². The van der Waals surface area contributed by atoms with E-state index < -0.39 is 0 Å². The summed E-state index contributed by atoms with van der Waals surface area (Å²) in [5.41, 5.74) is 7.50. The van der Waals surface area contributed by atoms with Gasteiger partial charge in [0.15, 0.2) is 0 Å². The molecular formula is C14H16N2O2S. The first-order valence-corrected chi connectivity index (χ1v) is 6.24. The van der Waals surface area contributed by atoms with Gasteiger partial charge in [-0.2, -0.15) is 0 Å². The molecular weight excluding hydrogens is 260 g/mol. The summed E-state index contributed by atoms with van der Waals surface area (Å²) >= 11 is 5.08. The number of ether oxygens (including phenoxy) is 1. The number of hydrogen-bond donors (Lipinski definition) is 1. The van der Waals surface area contributed by atoms with Crippen molar-refractivity contribution < 1.29 is 9.15 Å². The molecule has 0 aliphatic rings. The van der Waals surface area contributed by atoms with E-state index in [1.807, 2.05) is 42.3 Å². The van der Waals surface area contributed by atoms with Gasteiger partial charge in [0.1, 0.15) is 16.5 Å². The third-order valence-corrected chi connectivity index (χ3v) is 3.07. The van der Waals surface area contributed by atoms with Crippen LogP contribution in [0, 0.1) is 0 Å². The van der Waals surface area contributed by atoms with E-state index in [1.165, 1.54) is 0 Å². The molecule has 0 saturated carbocycles. The second kappa shape index (κ2) is 5.75. The molecule has 100 valence electrons. The summed E-state index contributed by atoms with van der Waals surface area (Å²) in [5.74, 6) is 1.64. The van der Waals surface area contributed by atoms with Crippen LogP contribution in [0.4, 0.5) is 5.69 Å². The van der Waals surface area contributed by atoms with Crippen molar-refractivity contribution in [1.82, 2.24) is 0 Å². The lowest BCUT2D eigenvalue weighted by Gasteiger charge is -2.21. The molecule has 0 spiro atoms. The maximum absolute atomic E-state index is 5.76. The Hall–Kier alpha value is -2.01. The van der Waals surface area contributed by atoms with Crippen LogP contribution in [0.3, 0.4) is 0 Å². The molecule has 0 amide bonds. The minimum Gasteiger partial charge on any atom is -0.497 e. The molecule has 1 heterocycles. The second-order valence-corrected chi connectivity index (χ2v) is 4.62. The van der Waals surface area contributed by atoms with Crippen molar-refractivity contribution in [2.45, 2.75) is 6.54 Å². The van der Waals surface area contributed by atoms with Crippen molar-refractivity contribution in [3.05, 3.63) is 47.9 Å². The van der Waals surface area contributed by atoms with Crippen LogP contribution in [0.2, 0.25) is 0 Å². The van der Waals surface area contributed by atoms with Crippen LogP contribution in [0.15, 0.2) is 41.0 Å². The third-order valence-electron chi connectivity index (χ3n) is 2.85. The fraction of sp³-hybridized carbons (Fsp3) is 0.214. The van der Waals surface area contributed by atoms with Crippen molar-refractivity contribution >= 4 is 22.9 Å². The molecule has 19 heavy (non-hydrogen) atoms. The molecule has 0 fully saturated rings. The Bertz CT molecular complexity index is 567. The van der Waals surface area contributed by atoms with E-state index in [0.29, 0.717) is 11.5 Å². The fourth-order valence-corrected chi connectivity index (χ4v) is 2.06. The van der Waals surface area contributed by atoms with Crippen molar-refractivity contribution in [1.29, 1.82) is 0 Å². The van der Waals surface area contributed by atoms with E-state index in [-0.39, 0.29) is 0 Å². The van der Waals surface area contributed by atoms with Crippen LogP contribution >= 0.6 is 12.2 Å². The highest BCUT2D eigenvalue weighted by atomic mass is 32.1. The highest BCUT2D eigenvalue weighted by Gasteiger charge is 2.12. The third kappa shape index (κ3) is 3.06. The van der Waals surface area contributed by atoms with Gasteiger partial charge in [0.25, 0.3) is 0 Å². The number of furan rings is 1. The molecule has 2 rings (SSSR count). The first kappa shape index (κ1) is 13.4. The molecule has 4 nitrogen and oxygen atoms in total. The molecule has 5 heteroatoms. The first-order valence-electron chi connectivity index (χ1n) is 5.83. The molecule has 2 N–H and O–H groups in total. The van der Waals surface area contributed by atoms with Crippen LogP contribution in [0.1, 0.15) is 11.3 Å². The van der Waals surface area contributed by atoms with E-state index in [1.54, 1.807) is 13.4 Å². The standard InChI is InChI=1S/C14H16N2O2S/c1-16(9-11-4-3-7-18-11)13-8-10(17-2)5-6-12(13)14(15)19/h3-8H,9H2,1-2H3,(H2,15,19). The van der Waals surface area contributed by atoms with Crippen molar-refractivity contribution in [3.63, 3.8) is 0 Å². The first-order chi connectivity index (χ1) is 9.11. The number of methoxy groups -OCH3 is 1. The van der Waals surface area contributed by atoms with E-state index in [9.17, 15) is 0 Å². The number of nitrogens with zero attached hydrogens (tertiary/aromatic N) is 1. The fourth-order valence-electron chi connectivity index (χ4n) is 1.88. The van der Waals surface area contributed by atoms with E-state index in [4.69, 9.17) is 27.1 Å². The molecule has 1 aromatic carbocycles. The average molecular weight is 276 g/mol. The summed E-state index contributed by atoms with van der Waals surface area (Å²) in [6.07, 6.45) is 1.66. The second-order valence-electron chi connectivity index (χ2n) is 4.18. The van der Waals surface area contributed by atoms with Gasteiger partial charge in [-0.15, -0.1) is 0 Å². The zero-order valence-electron chi connectivity index (χ0n) is 10.9. The van der Waals surface area contributed by atoms with Crippen LogP contribution in [-0.4, -0.2) is 19.1 Å². The molecule has 0 radical (unpaired) electrons. The zero-order valence-corrected chi connectivity index (χ0v) is 11.7. The van der Waals surface area contributed by atoms with Gasteiger partial charge in [-0.3, -0.25) is 0 Å². The van der Waals surface area contributed by atoms with Gasteiger partial charge in [0.2, 0.25) is 0 Å². The minimum absolute atomic E-state index is 0.365. The van der Waals surface area contributed by atoms with Gasteiger partial charge in [0.05, 0.1) is 25.6 Å². The Morgan fingerprint density at radius 1 is 1.42 bits per heavy atom. The SMILES string of the molecule is COc1ccc(C(N)=S)c(N(C)Cc2ccco2)c1. The lowest BCUT2D eigenvalue weighted by atomic mass is 10.1. The highest BCUT2D eigenvalue weighted by Crippen LogP contribution is 2.26. The van der Waals surface area contributed by atoms with E-state index in [2.05, 4.69) is 0 Å². The number of nitrogens with two attached hydrogens (primary N) is 1. The normalized spacial score (nSPS) is 10.2. The number of rotatable bonds is 5. The molecule has 0 saturated heterocycles. The van der Waals surface area contributed by atoms with Crippen LogP contribution in [0.5, 0.6) is 5.75 Å². The quantitative estimate of drug-likeness (QED) is 0.851. The molecule has 2 aromatic rings. The average Bonchev–Trinajstić information content (AvgIpc) is 2.90. The molecule has 0 aliphatic carbocycles. The Morgan fingerprint density at radius 2 is 2.21 bits per heavy atom. The maximum atomic E-state index is 5.76. The van der Waals surface area contributed by atoms with E-state index in [0.717, 1.165) is 22.8 Å². The predicted molar refractivity (Wildman–Crippen MR) is 79.7 cm³/mol. The summed E-state index contributed by atoms with van der Waals surface area (Å²) in [6, 6.07) is 9.42. The summed E-state index contributed by atoms with van der Waals surface area (Å²) in [7, 11) is 3.59. The smallest absolute Gasteiger partial charge is 0.123 e. The van der Waals surface area contributed by atoms with Crippen LogP contribution in [0.25, 0.3) is 0 Å². The maximum Gasteiger partial charge on any atom is 0.123 e. The summed E-state index contributed by atoms with van der Waals surface area (Å²) in [5, 5.41) is 0. The molecule has 0 bridgehead atoms. The monoisotopic (exact) mass is 276 g/mol. The number of hydrogen-bond acceptors (Lipinski definition) is 4. The van der Waals surface area contributed by atoms with Gasteiger partial charge in [-0.1, -0.05) is 12.2 Å². The number of anilines is 1. The van der Waals surface area contributed by atoms with Gasteiger partial charge in [-0.05, 0) is 24.3 Å². The van der Waals surface area contributed by atoms with Crippen molar-refractivity contribution in [3.8, 4) is 5.75 Å². The summed E-state index contributed by atoms with van der Waals surface area (Å²) < 4.78 is 10.6. The van der Waals surface area contributed by atoms with Gasteiger partial charge < -0.3 is 19.8 Å². The molecule has 0 unspecified atom stereocenters. The molecule has 0 aliphatic heterocycles. The van der Waals surface area contributed by atoms with Crippen LogP contribution in [-0.2, 0) is 6.54 Å².